The molecule has 0 aliphatic carbocycles. The van der Waals surface area contributed by atoms with Crippen LogP contribution in [0.25, 0.3) is 0 Å². The maximum absolute atomic E-state index is 12.5. The zero-order chi connectivity index (χ0) is 17.9. The van der Waals surface area contributed by atoms with E-state index in [1.54, 1.807) is 12.1 Å². The van der Waals surface area contributed by atoms with E-state index in [1.807, 2.05) is 12.1 Å². The average Bonchev–Trinajstić information content (AvgIpc) is 3.04. The Balaban J connectivity index is 1.45. The van der Waals surface area contributed by atoms with Gasteiger partial charge in [-0.25, -0.2) is 0 Å². The molecular formula is C18H16ClF3N2O. The first-order chi connectivity index (χ1) is 11.9. The van der Waals surface area contributed by atoms with Crippen LogP contribution in [0.1, 0.15) is 23.1 Å². The lowest BCUT2D eigenvalue weighted by molar-refractivity contribution is -0.137. The number of benzene rings is 2. The lowest BCUT2D eigenvalue weighted by Crippen LogP contribution is -2.26. The van der Waals surface area contributed by atoms with E-state index in [9.17, 15) is 13.2 Å². The molecule has 3 rings (SSSR count). The highest BCUT2D eigenvalue weighted by molar-refractivity contribution is 6.30. The molecule has 0 aromatic heterocycles. The van der Waals surface area contributed by atoms with Gasteiger partial charge < -0.3 is 10.2 Å². The van der Waals surface area contributed by atoms with Gasteiger partial charge in [-0.15, -0.1) is 0 Å². The Morgan fingerprint density at radius 2 is 1.76 bits per heavy atom. The second kappa shape index (κ2) is 7.45. The molecule has 0 spiro atoms. The highest BCUT2D eigenvalue weighted by Crippen LogP contribution is 2.29. The van der Waals surface area contributed by atoms with Gasteiger partial charge in [0.1, 0.15) is 6.10 Å². The van der Waals surface area contributed by atoms with Gasteiger partial charge in [-0.05, 0) is 35.4 Å². The van der Waals surface area contributed by atoms with Gasteiger partial charge >= 0.3 is 6.18 Å². The molecule has 132 valence electrons. The van der Waals surface area contributed by atoms with E-state index in [1.165, 1.54) is 12.1 Å². The third kappa shape index (κ3) is 4.74. The third-order valence-corrected chi connectivity index (χ3v) is 4.14. The normalized spacial score (nSPS) is 17.3. The SMILES string of the molecule is FC(F)(F)c1ccc(CNC[C@H]2CC(c3ccc(Cl)cc3)=NO2)cc1. The van der Waals surface area contributed by atoms with E-state index >= 15 is 0 Å². The summed E-state index contributed by atoms with van der Waals surface area (Å²) in [6.07, 6.45) is -3.74. The second-order valence-corrected chi connectivity index (χ2v) is 6.24. The van der Waals surface area contributed by atoms with Crippen molar-refractivity contribution in [3.63, 3.8) is 0 Å². The second-order valence-electron chi connectivity index (χ2n) is 5.80. The summed E-state index contributed by atoms with van der Waals surface area (Å²) in [6.45, 7) is 1.02. The molecule has 2 aromatic carbocycles. The molecule has 1 aliphatic rings. The van der Waals surface area contributed by atoms with Crippen molar-refractivity contribution >= 4 is 17.3 Å². The van der Waals surface area contributed by atoms with E-state index in [0.717, 1.165) is 29.0 Å². The van der Waals surface area contributed by atoms with Crippen molar-refractivity contribution in [2.75, 3.05) is 6.54 Å². The summed E-state index contributed by atoms with van der Waals surface area (Å²) in [4.78, 5) is 5.40. The fourth-order valence-electron chi connectivity index (χ4n) is 2.54. The van der Waals surface area contributed by atoms with E-state index in [0.29, 0.717) is 24.5 Å². The summed E-state index contributed by atoms with van der Waals surface area (Å²) in [5, 5.41) is 7.94. The van der Waals surface area contributed by atoms with Crippen molar-refractivity contribution < 1.29 is 18.0 Å². The largest absolute Gasteiger partial charge is 0.416 e. The molecule has 1 atom stereocenters. The van der Waals surface area contributed by atoms with Crippen LogP contribution in [-0.4, -0.2) is 18.4 Å². The first-order valence-electron chi connectivity index (χ1n) is 7.77. The van der Waals surface area contributed by atoms with E-state index < -0.39 is 11.7 Å². The first kappa shape index (κ1) is 17.8. The zero-order valence-electron chi connectivity index (χ0n) is 13.2. The van der Waals surface area contributed by atoms with E-state index in [2.05, 4.69) is 10.5 Å². The van der Waals surface area contributed by atoms with Crippen LogP contribution >= 0.6 is 11.6 Å². The number of halogens is 4. The third-order valence-electron chi connectivity index (χ3n) is 3.89. The van der Waals surface area contributed by atoms with Crippen LogP contribution in [0.3, 0.4) is 0 Å². The molecule has 0 saturated heterocycles. The molecule has 3 nitrogen and oxygen atoms in total. The minimum absolute atomic E-state index is 0.0971. The highest BCUT2D eigenvalue weighted by Gasteiger charge is 2.29. The maximum atomic E-state index is 12.5. The molecule has 7 heteroatoms. The summed E-state index contributed by atoms with van der Waals surface area (Å²) < 4.78 is 37.6. The fraction of sp³-hybridized carbons (Fsp3) is 0.278. The molecule has 25 heavy (non-hydrogen) atoms. The van der Waals surface area contributed by atoms with Crippen molar-refractivity contribution in [1.29, 1.82) is 0 Å². The molecule has 1 N–H and O–H groups in total. The molecular weight excluding hydrogens is 353 g/mol. The molecule has 0 bridgehead atoms. The monoisotopic (exact) mass is 368 g/mol. The number of alkyl halides is 3. The fourth-order valence-corrected chi connectivity index (χ4v) is 2.67. The Morgan fingerprint density at radius 1 is 1.08 bits per heavy atom. The van der Waals surface area contributed by atoms with Crippen molar-refractivity contribution in [3.8, 4) is 0 Å². The summed E-state index contributed by atoms with van der Waals surface area (Å²) in [7, 11) is 0. The number of hydrogen-bond donors (Lipinski definition) is 1. The van der Waals surface area contributed by atoms with Gasteiger partial charge in [0, 0.05) is 24.5 Å². The van der Waals surface area contributed by atoms with Crippen LogP contribution in [-0.2, 0) is 17.6 Å². The molecule has 1 heterocycles. The molecule has 2 aromatic rings. The Morgan fingerprint density at radius 3 is 2.40 bits per heavy atom. The van der Waals surface area contributed by atoms with Gasteiger partial charge in [0.05, 0.1) is 11.3 Å². The van der Waals surface area contributed by atoms with Crippen molar-refractivity contribution in [1.82, 2.24) is 5.32 Å². The quantitative estimate of drug-likeness (QED) is 0.834. The summed E-state index contributed by atoms with van der Waals surface area (Å²) in [6, 6.07) is 12.5. The minimum Gasteiger partial charge on any atom is -0.390 e. The van der Waals surface area contributed by atoms with Gasteiger partial charge in [0.2, 0.25) is 0 Å². The number of hydrogen-bond acceptors (Lipinski definition) is 3. The molecule has 0 radical (unpaired) electrons. The first-order valence-corrected chi connectivity index (χ1v) is 8.15. The molecule has 0 amide bonds. The van der Waals surface area contributed by atoms with Crippen molar-refractivity contribution in [2.24, 2.45) is 5.16 Å². The summed E-state index contributed by atoms with van der Waals surface area (Å²) >= 11 is 5.86. The van der Waals surface area contributed by atoms with Crippen molar-refractivity contribution in [2.45, 2.75) is 25.2 Å². The van der Waals surface area contributed by atoms with Gasteiger partial charge in [-0.3, -0.25) is 0 Å². The predicted octanol–water partition coefficient (Wildman–Crippen LogP) is 4.64. The van der Waals surface area contributed by atoms with Gasteiger partial charge in [-0.2, -0.15) is 13.2 Å². The Hall–Kier alpha value is -2.05. The van der Waals surface area contributed by atoms with Crippen LogP contribution in [0, 0.1) is 0 Å². The van der Waals surface area contributed by atoms with Crippen LogP contribution < -0.4 is 5.32 Å². The smallest absolute Gasteiger partial charge is 0.390 e. The summed E-state index contributed by atoms with van der Waals surface area (Å²) in [5.74, 6) is 0. The summed E-state index contributed by atoms with van der Waals surface area (Å²) in [5.41, 5.74) is 1.97. The number of nitrogens with zero attached hydrogens (tertiary/aromatic N) is 1. The topological polar surface area (TPSA) is 33.6 Å². The molecule has 0 fully saturated rings. The molecule has 0 saturated carbocycles. The standard InChI is InChI=1S/C18H16ClF3N2O/c19-15-7-3-13(4-8-15)17-9-16(25-24-17)11-23-10-12-1-5-14(6-2-12)18(20,21)22/h1-8,16,23H,9-11H2/t16-/m1/s1. The van der Waals surface area contributed by atoms with Crippen LogP contribution in [0.15, 0.2) is 53.7 Å². The number of rotatable bonds is 5. The highest BCUT2D eigenvalue weighted by atomic mass is 35.5. The van der Waals surface area contributed by atoms with Crippen LogP contribution in [0.4, 0.5) is 13.2 Å². The predicted molar refractivity (Wildman–Crippen MR) is 90.6 cm³/mol. The average molecular weight is 369 g/mol. The Kier molecular flexibility index (Phi) is 5.30. The maximum Gasteiger partial charge on any atom is 0.416 e. The number of nitrogens with one attached hydrogen (secondary N) is 1. The molecule has 1 aliphatic heterocycles. The number of oxime groups is 1. The van der Waals surface area contributed by atoms with Crippen molar-refractivity contribution in [3.05, 3.63) is 70.2 Å². The van der Waals surface area contributed by atoms with Crippen LogP contribution in [0.5, 0.6) is 0 Å². The van der Waals surface area contributed by atoms with Gasteiger partial charge in [-0.1, -0.05) is 41.0 Å². The Labute approximate surface area is 148 Å². The lowest BCUT2D eigenvalue weighted by Gasteiger charge is -2.11. The van der Waals surface area contributed by atoms with Crippen LogP contribution in [0.2, 0.25) is 5.02 Å². The van der Waals surface area contributed by atoms with Gasteiger partial charge in [0.15, 0.2) is 0 Å². The zero-order valence-corrected chi connectivity index (χ0v) is 13.9. The van der Waals surface area contributed by atoms with Gasteiger partial charge in [0.25, 0.3) is 0 Å². The molecule has 0 unspecified atom stereocenters. The lowest BCUT2D eigenvalue weighted by atomic mass is 10.1. The Bertz CT molecular complexity index is 742. The minimum atomic E-state index is -4.31. The van der Waals surface area contributed by atoms with E-state index in [4.69, 9.17) is 16.4 Å². The van der Waals surface area contributed by atoms with E-state index in [-0.39, 0.29) is 6.10 Å².